The highest BCUT2D eigenvalue weighted by molar-refractivity contribution is 5.85. The fourth-order valence-electron chi connectivity index (χ4n) is 2.06. The highest BCUT2D eigenvalue weighted by atomic mass is 35.5. The van der Waals surface area contributed by atoms with Gasteiger partial charge in [0.25, 0.3) is 0 Å². The van der Waals surface area contributed by atoms with E-state index >= 15 is 0 Å². The van der Waals surface area contributed by atoms with Crippen LogP contribution < -0.4 is 15.8 Å². The summed E-state index contributed by atoms with van der Waals surface area (Å²) in [6, 6.07) is 6.00. The molecule has 126 valence electrons. The van der Waals surface area contributed by atoms with E-state index in [1.54, 1.807) is 12.1 Å². The number of rotatable bonds is 9. The Labute approximate surface area is 138 Å². The molecular formula is C16H26ClFN2O2. The minimum absolute atomic E-state index is 0. The molecule has 0 saturated heterocycles. The van der Waals surface area contributed by atoms with Gasteiger partial charge in [0.2, 0.25) is 5.91 Å². The molecule has 0 aliphatic heterocycles. The van der Waals surface area contributed by atoms with E-state index in [0.717, 1.165) is 6.42 Å². The lowest BCUT2D eigenvalue weighted by molar-refractivity contribution is -0.122. The molecule has 1 aromatic rings. The highest BCUT2D eigenvalue weighted by Gasteiger charge is 2.12. The van der Waals surface area contributed by atoms with Gasteiger partial charge in [-0.3, -0.25) is 4.79 Å². The van der Waals surface area contributed by atoms with E-state index in [0.29, 0.717) is 37.7 Å². The molecule has 0 bridgehead atoms. The Morgan fingerprint density at radius 3 is 2.73 bits per heavy atom. The van der Waals surface area contributed by atoms with Crippen molar-refractivity contribution in [3.63, 3.8) is 0 Å². The van der Waals surface area contributed by atoms with Crippen molar-refractivity contribution >= 4 is 18.3 Å². The maximum Gasteiger partial charge on any atom is 0.220 e. The van der Waals surface area contributed by atoms with E-state index in [9.17, 15) is 9.18 Å². The molecule has 3 N–H and O–H groups in total. The molecule has 4 nitrogen and oxygen atoms in total. The number of carbonyl (C=O) groups excluding carboxylic acids is 1. The van der Waals surface area contributed by atoms with Gasteiger partial charge in [-0.05, 0) is 30.9 Å². The quantitative estimate of drug-likeness (QED) is 0.683. The number of nitrogens with one attached hydrogen (secondary N) is 1. The molecule has 1 atom stereocenters. The van der Waals surface area contributed by atoms with Crippen molar-refractivity contribution in [1.29, 1.82) is 0 Å². The normalized spacial score (nSPS) is 11.7. The molecular weight excluding hydrogens is 307 g/mol. The summed E-state index contributed by atoms with van der Waals surface area (Å²) in [5.74, 6) is 0.629. The zero-order chi connectivity index (χ0) is 15.7. The number of hydrogen-bond acceptors (Lipinski definition) is 3. The number of ether oxygens (including phenoxy) is 1. The lowest BCUT2D eigenvalue weighted by Crippen LogP contribution is -2.41. The predicted molar refractivity (Wildman–Crippen MR) is 88.8 cm³/mol. The lowest BCUT2D eigenvalue weighted by atomic mass is 10.0. The van der Waals surface area contributed by atoms with Gasteiger partial charge in [-0.15, -0.1) is 12.4 Å². The van der Waals surface area contributed by atoms with E-state index in [1.165, 1.54) is 12.1 Å². The third kappa shape index (κ3) is 8.85. The molecule has 0 saturated carbocycles. The third-order valence-electron chi connectivity index (χ3n) is 3.02. The molecule has 6 heteroatoms. The highest BCUT2D eigenvalue weighted by Crippen LogP contribution is 2.12. The molecule has 22 heavy (non-hydrogen) atoms. The Hall–Kier alpha value is -1.33. The summed E-state index contributed by atoms with van der Waals surface area (Å²) in [6.45, 7) is 5.03. The van der Waals surface area contributed by atoms with Crippen LogP contribution in [0.3, 0.4) is 0 Å². The first-order valence-corrected chi connectivity index (χ1v) is 7.39. The molecule has 0 heterocycles. The number of nitrogens with two attached hydrogens (primary N) is 1. The fourth-order valence-corrected chi connectivity index (χ4v) is 2.06. The summed E-state index contributed by atoms with van der Waals surface area (Å²) in [6.07, 6.45) is 1.84. The number of benzene rings is 1. The van der Waals surface area contributed by atoms with E-state index < -0.39 is 0 Å². The summed E-state index contributed by atoms with van der Waals surface area (Å²) in [4.78, 5) is 11.8. The fraction of sp³-hybridized carbons (Fsp3) is 0.562. The Morgan fingerprint density at radius 1 is 1.41 bits per heavy atom. The first-order chi connectivity index (χ1) is 10.0. The Morgan fingerprint density at radius 2 is 2.14 bits per heavy atom. The van der Waals surface area contributed by atoms with Crippen molar-refractivity contribution in [3.05, 3.63) is 30.1 Å². The average Bonchev–Trinajstić information content (AvgIpc) is 2.42. The monoisotopic (exact) mass is 332 g/mol. The van der Waals surface area contributed by atoms with Gasteiger partial charge in [-0.1, -0.05) is 19.9 Å². The SMILES string of the molecule is CC(C)CC(CN)NC(=O)CCCOc1cccc(F)c1.Cl. The Kier molecular flexibility index (Phi) is 10.6. The summed E-state index contributed by atoms with van der Waals surface area (Å²) in [5, 5.41) is 2.93. The molecule has 1 rings (SSSR count). The van der Waals surface area contributed by atoms with Crippen molar-refractivity contribution in [2.75, 3.05) is 13.2 Å². The summed E-state index contributed by atoms with van der Waals surface area (Å²) in [7, 11) is 0. The van der Waals surface area contributed by atoms with Crippen molar-refractivity contribution in [1.82, 2.24) is 5.32 Å². The summed E-state index contributed by atoms with van der Waals surface area (Å²) in [5.41, 5.74) is 5.64. The van der Waals surface area contributed by atoms with Gasteiger partial charge in [0.05, 0.1) is 6.61 Å². The third-order valence-corrected chi connectivity index (χ3v) is 3.02. The topological polar surface area (TPSA) is 64.3 Å². The van der Waals surface area contributed by atoms with Crippen LogP contribution in [0.1, 0.15) is 33.1 Å². The second-order valence-corrected chi connectivity index (χ2v) is 5.54. The largest absolute Gasteiger partial charge is 0.493 e. The zero-order valence-corrected chi connectivity index (χ0v) is 14.0. The van der Waals surface area contributed by atoms with Crippen LogP contribution >= 0.6 is 12.4 Å². The maximum atomic E-state index is 12.9. The Bertz CT molecular complexity index is 444. The second kappa shape index (κ2) is 11.3. The van der Waals surface area contributed by atoms with Crippen LogP contribution in [0.25, 0.3) is 0 Å². The van der Waals surface area contributed by atoms with Crippen LogP contribution in [0, 0.1) is 11.7 Å². The maximum absolute atomic E-state index is 12.9. The van der Waals surface area contributed by atoms with Crippen molar-refractivity contribution in [2.24, 2.45) is 11.7 Å². The van der Waals surface area contributed by atoms with Gasteiger partial charge in [0.15, 0.2) is 0 Å². The minimum atomic E-state index is -0.329. The molecule has 0 spiro atoms. The summed E-state index contributed by atoms with van der Waals surface area (Å²) < 4.78 is 18.3. The summed E-state index contributed by atoms with van der Waals surface area (Å²) >= 11 is 0. The van der Waals surface area contributed by atoms with E-state index in [2.05, 4.69) is 19.2 Å². The van der Waals surface area contributed by atoms with Crippen molar-refractivity contribution in [2.45, 2.75) is 39.2 Å². The molecule has 1 amide bonds. The lowest BCUT2D eigenvalue weighted by Gasteiger charge is -2.18. The average molecular weight is 333 g/mol. The van der Waals surface area contributed by atoms with Gasteiger partial charge in [-0.25, -0.2) is 4.39 Å². The number of hydrogen-bond donors (Lipinski definition) is 2. The molecule has 0 fully saturated rings. The molecule has 1 aromatic carbocycles. The minimum Gasteiger partial charge on any atom is -0.493 e. The van der Waals surface area contributed by atoms with Crippen molar-refractivity contribution < 1.29 is 13.9 Å². The first kappa shape index (κ1) is 20.7. The Balaban J connectivity index is 0.00000441. The molecule has 0 aliphatic rings. The van der Waals surface area contributed by atoms with Gasteiger partial charge in [0.1, 0.15) is 11.6 Å². The van der Waals surface area contributed by atoms with E-state index in [4.69, 9.17) is 10.5 Å². The van der Waals surface area contributed by atoms with E-state index in [-0.39, 0.29) is 30.2 Å². The van der Waals surface area contributed by atoms with Gasteiger partial charge in [0, 0.05) is 25.1 Å². The van der Waals surface area contributed by atoms with Crippen LogP contribution in [0.4, 0.5) is 4.39 Å². The van der Waals surface area contributed by atoms with Crippen molar-refractivity contribution in [3.8, 4) is 5.75 Å². The van der Waals surface area contributed by atoms with E-state index in [1.807, 2.05) is 0 Å². The molecule has 0 radical (unpaired) electrons. The number of halogens is 2. The molecule has 0 aromatic heterocycles. The van der Waals surface area contributed by atoms with Crippen LogP contribution in [0.5, 0.6) is 5.75 Å². The number of amides is 1. The first-order valence-electron chi connectivity index (χ1n) is 7.39. The molecule has 0 aliphatic carbocycles. The predicted octanol–water partition coefficient (Wildman–Crippen LogP) is 2.90. The zero-order valence-electron chi connectivity index (χ0n) is 13.2. The van der Waals surface area contributed by atoms with Gasteiger partial charge < -0.3 is 15.8 Å². The second-order valence-electron chi connectivity index (χ2n) is 5.54. The van der Waals surface area contributed by atoms with Crippen LogP contribution in [0.15, 0.2) is 24.3 Å². The van der Waals surface area contributed by atoms with Crippen LogP contribution in [-0.2, 0) is 4.79 Å². The van der Waals surface area contributed by atoms with Gasteiger partial charge >= 0.3 is 0 Å². The smallest absolute Gasteiger partial charge is 0.220 e. The number of carbonyl (C=O) groups is 1. The van der Waals surface area contributed by atoms with Gasteiger partial charge in [-0.2, -0.15) is 0 Å². The standard InChI is InChI=1S/C16H25FN2O2.ClH/c1-12(2)9-14(11-18)19-16(20)7-4-8-21-15-6-3-5-13(17)10-15;/h3,5-6,10,12,14H,4,7-9,11,18H2,1-2H3,(H,19,20);1H. The molecule has 1 unspecified atom stereocenters. The van der Waals surface area contributed by atoms with Crippen LogP contribution in [-0.4, -0.2) is 25.1 Å². The van der Waals surface area contributed by atoms with Crippen LogP contribution in [0.2, 0.25) is 0 Å².